The zero-order valence-electron chi connectivity index (χ0n) is 9.75. The van der Waals surface area contributed by atoms with Crippen molar-refractivity contribution in [2.45, 2.75) is 20.4 Å². The number of nitrogens with two attached hydrogens (primary N) is 1. The molecule has 0 spiro atoms. The minimum absolute atomic E-state index is 0.342. The van der Waals surface area contributed by atoms with E-state index >= 15 is 0 Å². The van der Waals surface area contributed by atoms with E-state index in [-0.39, 0.29) is 5.82 Å². The molecule has 90 valence electrons. The monoisotopic (exact) mass is 235 g/mol. The van der Waals surface area contributed by atoms with E-state index < -0.39 is 0 Å². The summed E-state index contributed by atoms with van der Waals surface area (Å²) in [6, 6.07) is 4.27. The third kappa shape index (κ3) is 2.38. The molecule has 0 saturated heterocycles. The third-order valence-corrected chi connectivity index (χ3v) is 2.65. The van der Waals surface area contributed by atoms with Crippen molar-refractivity contribution in [2.75, 3.05) is 11.1 Å². The van der Waals surface area contributed by atoms with E-state index in [9.17, 15) is 4.39 Å². The number of anilines is 2. The molecule has 3 N–H and O–H groups in total. The lowest BCUT2D eigenvalue weighted by Crippen LogP contribution is -2.04. The average molecular weight is 235 g/mol. The van der Waals surface area contributed by atoms with Gasteiger partial charge in [-0.05, 0) is 32.0 Å². The van der Waals surface area contributed by atoms with Crippen molar-refractivity contribution in [3.63, 3.8) is 0 Å². The fourth-order valence-electron chi connectivity index (χ4n) is 1.63. The van der Waals surface area contributed by atoms with Gasteiger partial charge in [0.15, 0.2) is 0 Å². The van der Waals surface area contributed by atoms with Crippen LogP contribution in [-0.4, -0.2) is 5.16 Å². The molecule has 0 aliphatic heterocycles. The number of benzene rings is 1. The first-order valence-electron chi connectivity index (χ1n) is 5.28. The Labute approximate surface area is 98.6 Å². The van der Waals surface area contributed by atoms with E-state index in [1.807, 2.05) is 13.8 Å². The summed E-state index contributed by atoms with van der Waals surface area (Å²) in [5, 5.41) is 6.99. The van der Waals surface area contributed by atoms with Crippen LogP contribution >= 0.6 is 0 Å². The average Bonchev–Trinajstić information content (AvgIpc) is 2.58. The van der Waals surface area contributed by atoms with Crippen molar-refractivity contribution in [1.82, 2.24) is 5.16 Å². The Bertz CT molecular complexity index is 517. The molecular weight excluding hydrogens is 221 g/mol. The van der Waals surface area contributed by atoms with Gasteiger partial charge in [-0.1, -0.05) is 5.16 Å². The zero-order chi connectivity index (χ0) is 12.4. The van der Waals surface area contributed by atoms with Crippen LogP contribution in [0.15, 0.2) is 22.7 Å². The van der Waals surface area contributed by atoms with Crippen LogP contribution in [0.5, 0.6) is 0 Å². The molecule has 4 nitrogen and oxygen atoms in total. The van der Waals surface area contributed by atoms with Crippen LogP contribution in [0, 0.1) is 19.7 Å². The topological polar surface area (TPSA) is 64.1 Å². The van der Waals surface area contributed by atoms with E-state index in [1.165, 1.54) is 12.1 Å². The highest BCUT2D eigenvalue weighted by Gasteiger charge is 2.09. The molecule has 0 bridgehead atoms. The summed E-state index contributed by atoms with van der Waals surface area (Å²) in [5.41, 5.74) is 8.62. The smallest absolute Gasteiger partial charge is 0.138 e. The molecule has 1 aromatic heterocycles. The van der Waals surface area contributed by atoms with Crippen LogP contribution in [0.25, 0.3) is 0 Å². The van der Waals surface area contributed by atoms with Crippen LogP contribution in [0.4, 0.5) is 15.8 Å². The first kappa shape index (κ1) is 11.4. The van der Waals surface area contributed by atoms with Gasteiger partial charge < -0.3 is 15.6 Å². The number of aromatic nitrogens is 1. The third-order valence-electron chi connectivity index (χ3n) is 2.65. The summed E-state index contributed by atoms with van der Waals surface area (Å²) < 4.78 is 17.9. The van der Waals surface area contributed by atoms with Crippen LogP contribution < -0.4 is 11.1 Å². The molecule has 2 aromatic rings. The lowest BCUT2D eigenvalue weighted by atomic mass is 10.2. The molecule has 0 fully saturated rings. The highest BCUT2D eigenvalue weighted by Crippen LogP contribution is 2.21. The van der Waals surface area contributed by atoms with Crippen LogP contribution in [0.2, 0.25) is 0 Å². The number of rotatable bonds is 3. The summed E-state index contributed by atoms with van der Waals surface area (Å²) in [5.74, 6) is 0.432. The molecule has 0 amide bonds. The van der Waals surface area contributed by atoms with Crippen molar-refractivity contribution in [3.05, 3.63) is 41.0 Å². The first-order chi connectivity index (χ1) is 8.08. The quantitative estimate of drug-likeness (QED) is 0.803. The van der Waals surface area contributed by atoms with Gasteiger partial charge in [0.25, 0.3) is 0 Å². The lowest BCUT2D eigenvalue weighted by molar-refractivity contribution is 0.392. The maximum atomic E-state index is 12.9. The maximum Gasteiger partial charge on any atom is 0.138 e. The molecule has 2 rings (SSSR count). The fourth-order valence-corrected chi connectivity index (χ4v) is 1.63. The Kier molecular flexibility index (Phi) is 2.99. The number of halogens is 1. The van der Waals surface area contributed by atoms with Crippen LogP contribution in [-0.2, 0) is 6.54 Å². The molecular formula is C12H14FN3O. The molecule has 0 unspecified atom stereocenters. The number of nitrogens with one attached hydrogen (secondary N) is 1. The van der Waals surface area contributed by atoms with E-state index in [2.05, 4.69) is 10.5 Å². The summed E-state index contributed by atoms with van der Waals surface area (Å²) in [6.45, 7) is 4.28. The summed E-state index contributed by atoms with van der Waals surface area (Å²) >= 11 is 0. The standard InChI is InChI=1S/C12H14FN3O/c1-7-10(8(2)17-16-7)6-15-12-4-3-9(13)5-11(12)14/h3-5,15H,6,14H2,1-2H3. The second kappa shape index (κ2) is 4.45. The second-order valence-electron chi connectivity index (χ2n) is 3.89. The molecule has 17 heavy (non-hydrogen) atoms. The van der Waals surface area contributed by atoms with Crippen LogP contribution in [0.1, 0.15) is 17.0 Å². The van der Waals surface area contributed by atoms with E-state index in [0.29, 0.717) is 17.9 Å². The fraction of sp³-hybridized carbons (Fsp3) is 0.250. The Morgan fingerprint density at radius 2 is 2.18 bits per heavy atom. The summed E-state index contributed by atoms with van der Waals surface area (Å²) in [4.78, 5) is 0. The van der Waals surface area contributed by atoms with E-state index in [4.69, 9.17) is 10.3 Å². The number of nitrogens with zero attached hydrogens (tertiary/aromatic N) is 1. The van der Waals surface area contributed by atoms with Gasteiger partial charge in [-0.15, -0.1) is 0 Å². The van der Waals surface area contributed by atoms with Gasteiger partial charge in [0.05, 0.1) is 17.1 Å². The molecule has 0 atom stereocenters. The van der Waals surface area contributed by atoms with Crippen molar-refractivity contribution in [2.24, 2.45) is 0 Å². The predicted molar refractivity (Wildman–Crippen MR) is 64.1 cm³/mol. The van der Waals surface area contributed by atoms with Gasteiger partial charge in [0.2, 0.25) is 0 Å². The molecule has 1 aromatic carbocycles. The van der Waals surface area contributed by atoms with Crippen molar-refractivity contribution >= 4 is 11.4 Å². The lowest BCUT2D eigenvalue weighted by Gasteiger charge is -2.08. The Balaban J connectivity index is 2.13. The Hall–Kier alpha value is -2.04. The van der Waals surface area contributed by atoms with Gasteiger partial charge >= 0.3 is 0 Å². The van der Waals surface area contributed by atoms with E-state index in [1.54, 1.807) is 6.07 Å². The van der Waals surface area contributed by atoms with Crippen molar-refractivity contribution in [1.29, 1.82) is 0 Å². The molecule has 0 saturated carbocycles. The van der Waals surface area contributed by atoms with Crippen LogP contribution in [0.3, 0.4) is 0 Å². The van der Waals surface area contributed by atoms with Crippen molar-refractivity contribution < 1.29 is 8.91 Å². The molecule has 0 radical (unpaired) electrons. The second-order valence-corrected chi connectivity index (χ2v) is 3.89. The van der Waals surface area contributed by atoms with Gasteiger partial charge in [0, 0.05) is 12.1 Å². The van der Waals surface area contributed by atoms with Gasteiger partial charge in [0.1, 0.15) is 11.6 Å². The first-order valence-corrected chi connectivity index (χ1v) is 5.28. The molecule has 0 aliphatic rings. The Morgan fingerprint density at radius 3 is 2.76 bits per heavy atom. The highest BCUT2D eigenvalue weighted by molar-refractivity contribution is 5.65. The minimum Gasteiger partial charge on any atom is -0.397 e. The van der Waals surface area contributed by atoms with Crippen molar-refractivity contribution in [3.8, 4) is 0 Å². The molecule has 1 heterocycles. The van der Waals surface area contributed by atoms with Gasteiger partial charge in [-0.3, -0.25) is 0 Å². The maximum absolute atomic E-state index is 12.9. The predicted octanol–water partition coefficient (Wildman–Crippen LogP) is 2.62. The largest absolute Gasteiger partial charge is 0.397 e. The van der Waals surface area contributed by atoms with Gasteiger partial charge in [-0.25, -0.2) is 4.39 Å². The number of hydrogen-bond donors (Lipinski definition) is 2. The summed E-state index contributed by atoms with van der Waals surface area (Å²) in [6.07, 6.45) is 0. The van der Waals surface area contributed by atoms with E-state index in [0.717, 1.165) is 17.0 Å². The normalized spacial score (nSPS) is 10.5. The highest BCUT2D eigenvalue weighted by atomic mass is 19.1. The zero-order valence-corrected chi connectivity index (χ0v) is 9.75. The number of hydrogen-bond acceptors (Lipinski definition) is 4. The summed E-state index contributed by atoms with van der Waals surface area (Å²) in [7, 11) is 0. The van der Waals surface area contributed by atoms with Gasteiger partial charge in [-0.2, -0.15) is 0 Å². The number of nitrogen functional groups attached to an aromatic ring is 1. The SMILES string of the molecule is Cc1noc(C)c1CNc1ccc(F)cc1N. The Morgan fingerprint density at radius 1 is 1.41 bits per heavy atom. The number of aryl methyl sites for hydroxylation is 2. The molecule has 5 heteroatoms. The molecule has 0 aliphatic carbocycles. The minimum atomic E-state index is -0.342.